The molecule has 1 aromatic heterocycles. The smallest absolute Gasteiger partial charge is 0.256 e. The Morgan fingerprint density at radius 2 is 2.33 bits per heavy atom. The van der Waals surface area contributed by atoms with E-state index >= 15 is 0 Å². The summed E-state index contributed by atoms with van der Waals surface area (Å²) in [6.07, 6.45) is 2.37. The topological polar surface area (TPSA) is 62.0 Å². The van der Waals surface area contributed by atoms with Crippen molar-refractivity contribution in [3.63, 3.8) is 0 Å². The van der Waals surface area contributed by atoms with E-state index in [4.69, 9.17) is 0 Å². The van der Waals surface area contributed by atoms with Crippen molar-refractivity contribution < 1.29 is 4.79 Å². The highest BCUT2D eigenvalue weighted by molar-refractivity contribution is 14.1. The lowest BCUT2D eigenvalue weighted by atomic mass is 10.2. The molecule has 1 heterocycles. The molecule has 5 heteroatoms. The second-order valence-corrected chi connectivity index (χ2v) is 4.27. The highest BCUT2D eigenvalue weighted by atomic mass is 127. The number of halogens is 1. The van der Waals surface area contributed by atoms with Gasteiger partial charge in [0.25, 0.3) is 5.91 Å². The molecule has 0 aromatic carbocycles. The number of nitrogens with one attached hydrogen (secondary N) is 2. The molecule has 0 aliphatic rings. The van der Waals surface area contributed by atoms with Gasteiger partial charge in [-0.2, -0.15) is 0 Å². The normalized spacial score (nSPS) is 10.0. The van der Waals surface area contributed by atoms with E-state index in [1.54, 1.807) is 6.92 Å². The summed E-state index contributed by atoms with van der Waals surface area (Å²) in [6, 6.07) is 1.42. The molecule has 1 amide bonds. The summed E-state index contributed by atoms with van der Waals surface area (Å²) in [6.45, 7) is 2.38. The summed E-state index contributed by atoms with van der Waals surface area (Å²) in [5, 5.41) is 2.70. The van der Waals surface area contributed by atoms with Gasteiger partial charge in [-0.3, -0.25) is 9.59 Å². The van der Waals surface area contributed by atoms with Crippen molar-refractivity contribution in [2.24, 2.45) is 0 Å². The van der Waals surface area contributed by atoms with Crippen molar-refractivity contribution >= 4 is 28.5 Å². The molecule has 0 fully saturated rings. The maximum Gasteiger partial charge on any atom is 0.256 e. The third kappa shape index (κ3) is 3.65. The first-order valence-electron chi connectivity index (χ1n) is 4.68. The summed E-state index contributed by atoms with van der Waals surface area (Å²) >= 11 is 2.24. The number of aromatic amines is 1. The second-order valence-electron chi connectivity index (χ2n) is 3.19. The predicted octanol–water partition coefficient (Wildman–Crippen LogP) is 1.24. The first kappa shape index (κ1) is 12.2. The molecule has 0 bridgehead atoms. The number of aromatic nitrogens is 1. The number of alkyl halides is 1. The number of carbonyl (C=O) groups excluding carboxylic acids is 1. The lowest BCUT2D eigenvalue weighted by Gasteiger charge is -2.03. The van der Waals surface area contributed by atoms with E-state index in [2.05, 4.69) is 32.9 Å². The fraction of sp³-hybridized carbons (Fsp3) is 0.400. The van der Waals surface area contributed by atoms with Crippen molar-refractivity contribution in [3.05, 3.63) is 33.7 Å². The number of aryl methyl sites for hydroxylation is 1. The summed E-state index contributed by atoms with van der Waals surface area (Å²) in [4.78, 5) is 25.8. The molecule has 2 N–H and O–H groups in total. The van der Waals surface area contributed by atoms with Crippen LogP contribution in [-0.4, -0.2) is 21.9 Å². The van der Waals surface area contributed by atoms with Crippen LogP contribution in [0.4, 0.5) is 0 Å². The van der Waals surface area contributed by atoms with Gasteiger partial charge in [0.1, 0.15) is 5.56 Å². The number of carbonyl (C=O) groups is 1. The van der Waals surface area contributed by atoms with E-state index in [0.29, 0.717) is 6.54 Å². The third-order valence-corrected chi connectivity index (χ3v) is 2.66. The molecule has 0 atom stereocenters. The molecule has 0 radical (unpaired) electrons. The standard InChI is InChI=1S/C10H13IN2O2/c1-7-5-9(14)8(6-13-7)10(15)12-4-2-3-11/h5-6H,2-4H2,1H3,(H,12,15)(H,13,14). The number of hydrogen-bond acceptors (Lipinski definition) is 2. The minimum Gasteiger partial charge on any atom is -0.364 e. The van der Waals surface area contributed by atoms with Crippen LogP contribution in [0.3, 0.4) is 0 Å². The molecule has 0 spiro atoms. The number of pyridine rings is 1. The molecule has 15 heavy (non-hydrogen) atoms. The van der Waals surface area contributed by atoms with Gasteiger partial charge in [0.05, 0.1) is 0 Å². The van der Waals surface area contributed by atoms with Gasteiger partial charge in [-0.1, -0.05) is 22.6 Å². The van der Waals surface area contributed by atoms with Gasteiger partial charge in [0, 0.05) is 28.9 Å². The highest BCUT2D eigenvalue weighted by Crippen LogP contribution is 1.93. The van der Waals surface area contributed by atoms with E-state index in [0.717, 1.165) is 16.5 Å². The Morgan fingerprint density at radius 3 is 2.93 bits per heavy atom. The maximum absolute atomic E-state index is 11.5. The Morgan fingerprint density at radius 1 is 1.60 bits per heavy atom. The van der Waals surface area contributed by atoms with Crippen LogP contribution in [0.15, 0.2) is 17.1 Å². The summed E-state index contributed by atoms with van der Waals surface area (Å²) in [7, 11) is 0. The summed E-state index contributed by atoms with van der Waals surface area (Å²) < 4.78 is 0.988. The molecule has 1 aromatic rings. The maximum atomic E-state index is 11.5. The zero-order valence-electron chi connectivity index (χ0n) is 8.47. The monoisotopic (exact) mass is 320 g/mol. The van der Waals surface area contributed by atoms with Crippen LogP contribution in [0, 0.1) is 6.92 Å². The number of amides is 1. The largest absolute Gasteiger partial charge is 0.364 e. The summed E-state index contributed by atoms with van der Waals surface area (Å²) in [5.41, 5.74) is 0.691. The van der Waals surface area contributed by atoms with Gasteiger partial charge in [0.2, 0.25) is 0 Å². The quantitative estimate of drug-likeness (QED) is 0.498. The van der Waals surface area contributed by atoms with Crippen LogP contribution in [0.1, 0.15) is 22.5 Å². The molecular weight excluding hydrogens is 307 g/mol. The van der Waals surface area contributed by atoms with Gasteiger partial charge in [-0.25, -0.2) is 0 Å². The second kappa shape index (κ2) is 5.89. The van der Waals surface area contributed by atoms with Crippen molar-refractivity contribution in [2.45, 2.75) is 13.3 Å². The number of hydrogen-bond donors (Lipinski definition) is 2. The first-order chi connectivity index (χ1) is 7.15. The van der Waals surface area contributed by atoms with Crippen molar-refractivity contribution in [1.29, 1.82) is 0 Å². The van der Waals surface area contributed by atoms with Crippen LogP contribution < -0.4 is 10.7 Å². The van der Waals surface area contributed by atoms with Gasteiger partial charge >= 0.3 is 0 Å². The molecular formula is C10H13IN2O2. The molecule has 4 nitrogen and oxygen atoms in total. The van der Waals surface area contributed by atoms with Crippen LogP contribution in [-0.2, 0) is 0 Å². The average Bonchev–Trinajstić information content (AvgIpc) is 2.17. The van der Waals surface area contributed by atoms with Crippen LogP contribution >= 0.6 is 22.6 Å². The Hall–Kier alpha value is -0.850. The minimum atomic E-state index is -0.305. The van der Waals surface area contributed by atoms with Crippen molar-refractivity contribution in [2.75, 3.05) is 11.0 Å². The van der Waals surface area contributed by atoms with E-state index < -0.39 is 0 Å². The Kier molecular flexibility index (Phi) is 4.80. The minimum absolute atomic E-state index is 0.175. The number of H-pyrrole nitrogens is 1. The van der Waals surface area contributed by atoms with Gasteiger partial charge in [-0.05, 0) is 13.3 Å². The average molecular weight is 320 g/mol. The zero-order valence-corrected chi connectivity index (χ0v) is 10.6. The highest BCUT2D eigenvalue weighted by Gasteiger charge is 2.08. The van der Waals surface area contributed by atoms with Crippen LogP contribution in [0.2, 0.25) is 0 Å². The van der Waals surface area contributed by atoms with Crippen molar-refractivity contribution in [3.8, 4) is 0 Å². The molecule has 0 aliphatic heterocycles. The lowest BCUT2D eigenvalue weighted by molar-refractivity contribution is 0.0952. The van der Waals surface area contributed by atoms with E-state index in [1.807, 2.05) is 0 Å². The molecule has 82 valence electrons. The Balaban J connectivity index is 2.70. The van der Waals surface area contributed by atoms with Crippen molar-refractivity contribution in [1.82, 2.24) is 10.3 Å². The molecule has 0 saturated heterocycles. The first-order valence-corrected chi connectivity index (χ1v) is 6.21. The van der Waals surface area contributed by atoms with Gasteiger partial charge < -0.3 is 10.3 Å². The fourth-order valence-corrected chi connectivity index (χ4v) is 1.50. The third-order valence-electron chi connectivity index (χ3n) is 1.90. The SMILES string of the molecule is Cc1cc(=O)c(C(=O)NCCCI)c[nH]1. The van der Waals surface area contributed by atoms with Crippen LogP contribution in [0.25, 0.3) is 0 Å². The zero-order chi connectivity index (χ0) is 11.3. The fourth-order valence-electron chi connectivity index (χ4n) is 1.11. The Bertz CT molecular complexity index is 401. The predicted molar refractivity (Wildman–Crippen MR) is 67.6 cm³/mol. The van der Waals surface area contributed by atoms with Gasteiger partial charge in [-0.15, -0.1) is 0 Å². The number of rotatable bonds is 4. The summed E-state index contributed by atoms with van der Waals surface area (Å²) in [5.74, 6) is -0.305. The Labute approximate surface area is 102 Å². The molecule has 0 aliphatic carbocycles. The molecule has 0 unspecified atom stereocenters. The lowest BCUT2D eigenvalue weighted by Crippen LogP contribution is -2.29. The molecule has 0 saturated carbocycles. The molecule has 1 rings (SSSR count). The van der Waals surface area contributed by atoms with E-state index in [9.17, 15) is 9.59 Å². The van der Waals surface area contributed by atoms with E-state index in [-0.39, 0.29) is 16.9 Å². The van der Waals surface area contributed by atoms with E-state index in [1.165, 1.54) is 12.3 Å². The van der Waals surface area contributed by atoms with Gasteiger partial charge in [0.15, 0.2) is 5.43 Å². The van der Waals surface area contributed by atoms with Crippen LogP contribution in [0.5, 0.6) is 0 Å².